The lowest BCUT2D eigenvalue weighted by atomic mass is 10.0. The van der Waals surface area contributed by atoms with Crippen molar-refractivity contribution < 1.29 is 4.79 Å². The highest BCUT2D eigenvalue weighted by atomic mass is 16.2. The van der Waals surface area contributed by atoms with Crippen LogP contribution in [-0.2, 0) is 11.3 Å². The van der Waals surface area contributed by atoms with E-state index in [2.05, 4.69) is 24.3 Å². The Kier molecular flexibility index (Phi) is 3.32. The highest BCUT2D eigenvalue weighted by Crippen LogP contribution is 2.33. The first kappa shape index (κ1) is 12.0. The maximum absolute atomic E-state index is 12.1. The minimum absolute atomic E-state index is 0.230. The first-order chi connectivity index (χ1) is 9.34. The van der Waals surface area contributed by atoms with Crippen LogP contribution in [0.1, 0.15) is 30.0 Å². The molecule has 1 aliphatic rings. The molecule has 1 saturated heterocycles. The van der Waals surface area contributed by atoms with Gasteiger partial charge in [0.25, 0.3) is 0 Å². The third kappa shape index (κ3) is 2.53. The summed E-state index contributed by atoms with van der Waals surface area (Å²) < 4.78 is 0. The molecule has 19 heavy (non-hydrogen) atoms. The average Bonchev–Trinajstić information content (AvgIpc) is 2.82. The minimum atomic E-state index is 0.230. The lowest BCUT2D eigenvalue weighted by Crippen LogP contribution is -2.27. The van der Waals surface area contributed by atoms with Gasteiger partial charge in [0.1, 0.15) is 0 Å². The van der Waals surface area contributed by atoms with Crippen molar-refractivity contribution in [2.45, 2.75) is 25.4 Å². The molecule has 0 bridgehead atoms. The summed E-state index contributed by atoms with van der Waals surface area (Å²) in [6.45, 7) is 0.708. The lowest BCUT2D eigenvalue weighted by Gasteiger charge is -2.25. The summed E-state index contributed by atoms with van der Waals surface area (Å²) in [4.78, 5) is 14.1. The van der Waals surface area contributed by atoms with Crippen LogP contribution in [0.4, 0.5) is 0 Å². The summed E-state index contributed by atoms with van der Waals surface area (Å²) in [5.41, 5.74) is 2.43. The third-order valence-corrected chi connectivity index (χ3v) is 3.71. The standard InChI is InChI=1S/C17H17NO/c19-17-12-11-16(15-9-5-2-6-10-15)18(17)13-14-7-3-1-4-8-14/h1-10,16H,11-13H2/t16-/m0/s1. The number of carbonyl (C=O) groups excluding carboxylic acids is 1. The van der Waals surface area contributed by atoms with Crippen LogP contribution in [0.5, 0.6) is 0 Å². The summed E-state index contributed by atoms with van der Waals surface area (Å²) >= 11 is 0. The van der Waals surface area contributed by atoms with Gasteiger partial charge in [-0.3, -0.25) is 4.79 Å². The van der Waals surface area contributed by atoms with E-state index in [0.717, 1.165) is 6.42 Å². The average molecular weight is 251 g/mol. The quantitative estimate of drug-likeness (QED) is 0.817. The first-order valence-corrected chi connectivity index (χ1v) is 6.73. The van der Waals surface area contributed by atoms with Gasteiger partial charge in [0.15, 0.2) is 0 Å². The molecule has 0 aliphatic carbocycles. The molecule has 1 aliphatic heterocycles. The first-order valence-electron chi connectivity index (χ1n) is 6.73. The van der Waals surface area contributed by atoms with E-state index in [0.29, 0.717) is 13.0 Å². The molecule has 0 unspecified atom stereocenters. The number of hydrogen-bond donors (Lipinski definition) is 0. The molecule has 1 fully saturated rings. The zero-order chi connectivity index (χ0) is 13.1. The summed E-state index contributed by atoms with van der Waals surface area (Å²) in [5.74, 6) is 0.262. The molecule has 0 N–H and O–H groups in total. The van der Waals surface area contributed by atoms with E-state index in [4.69, 9.17) is 0 Å². The second-order valence-electron chi connectivity index (χ2n) is 4.97. The van der Waals surface area contributed by atoms with Crippen LogP contribution in [0.2, 0.25) is 0 Å². The second kappa shape index (κ2) is 5.27. The molecule has 2 aromatic rings. The zero-order valence-electron chi connectivity index (χ0n) is 10.8. The number of carbonyl (C=O) groups is 1. The molecular formula is C17H17NO. The topological polar surface area (TPSA) is 20.3 Å². The number of nitrogens with zero attached hydrogens (tertiary/aromatic N) is 1. The molecule has 1 amide bonds. The minimum Gasteiger partial charge on any atom is -0.331 e. The number of amides is 1. The number of hydrogen-bond acceptors (Lipinski definition) is 1. The summed E-state index contributed by atoms with van der Waals surface area (Å²) in [7, 11) is 0. The van der Waals surface area contributed by atoms with Crippen molar-refractivity contribution >= 4 is 5.91 Å². The summed E-state index contributed by atoms with van der Waals surface area (Å²) in [5, 5.41) is 0. The van der Waals surface area contributed by atoms with Gasteiger partial charge >= 0.3 is 0 Å². The fraction of sp³-hybridized carbons (Fsp3) is 0.235. The van der Waals surface area contributed by atoms with Gasteiger partial charge in [-0.25, -0.2) is 0 Å². The fourth-order valence-electron chi connectivity index (χ4n) is 2.73. The van der Waals surface area contributed by atoms with E-state index in [-0.39, 0.29) is 11.9 Å². The molecular weight excluding hydrogens is 234 g/mol. The summed E-state index contributed by atoms with van der Waals surface area (Å²) in [6, 6.07) is 20.8. The van der Waals surface area contributed by atoms with E-state index >= 15 is 0 Å². The second-order valence-corrected chi connectivity index (χ2v) is 4.97. The molecule has 0 saturated carbocycles. The molecule has 0 spiro atoms. The monoisotopic (exact) mass is 251 g/mol. The van der Waals surface area contributed by atoms with E-state index < -0.39 is 0 Å². The van der Waals surface area contributed by atoms with Crippen molar-refractivity contribution in [1.82, 2.24) is 4.90 Å². The van der Waals surface area contributed by atoms with Gasteiger partial charge in [0.2, 0.25) is 5.91 Å². The molecule has 3 rings (SSSR count). The molecule has 96 valence electrons. The van der Waals surface area contributed by atoms with Crippen molar-refractivity contribution in [3.05, 3.63) is 71.8 Å². The Labute approximate surface area is 113 Å². The van der Waals surface area contributed by atoms with Crippen LogP contribution in [0.25, 0.3) is 0 Å². The SMILES string of the molecule is O=C1CC[C@@H](c2ccccc2)N1Cc1ccccc1. The number of benzene rings is 2. The molecule has 0 aromatic heterocycles. The molecule has 1 heterocycles. The Hall–Kier alpha value is -2.09. The van der Waals surface area contributed by atoms with E-state index in [1.807, 2.05) is 41.3 Å². The summed E-state index contributed by atoms with van der Waals surface area (Å²) in [6.07, 6.45) is 1.59. The largest absolute Gasteiger partial charge is 0.331 e. The third-order valence-electron chi connectivity index (χ3n) is 3.71. The highest BCUT2D eigenvalue weighted by Gasteiger charge is 2.31. The van der Waals surface area contributed by atoms with Gasteiger partial charge in [-0.2, -0.15) is 0 Å². The Balaban J connectivity index is 1.83. The van der Waals surface area contributed by atoms with Crippen molar-refractivity contribution in [3.8, 4) is 0 Å². The Morgan fingerprint density at radius 1 is 0.947 bits per heavy atom. The number of rotatable bonds is 3. The maximum Gasteiger partial charge on any atom is 0.223 e. The molecule has 2 heteroatoms. The smallest absolute Gasteiger partial charge is 0.223 e. The normalized spacial score (nSPS) is 18.8. The van der Waals surface area contributed by atoms with Crippen LogP contribution >= 0.6 is 0 Å². The van der Waals surface area contributed by atoms with Crippen molar-refractivity contribution in [3.63, 3.8) is 0 Å². The van der Waals surface area contributed by atoms with E-state index in [9.17, 15) is 4.79 Å². The maximum atomic E-state index is 12.1. The van der Waals surface area contributed by atoms with Crippen LogP contribution in [0.15, 0.2) is 60.7 Å². The van der Waals surface area contributed by atoms with Gasteiger partial charge in [0.05, 0.1) is 6.04 Å². The van der Waals surface area contributed by atoms with Gasteiger partial charge in [-0.05, 0) is 17.5 Å². The number of likely N-dealkylation sites (tertiary alicyclic amines) is 1. The van der Waals surface area contributed by atoms with E-state index in [1.54, 1.807) is 0 Å². The van der Waals surface area contributed by atoms with Gasteiger partial charge in [0, 0.05) is 13.0 Å². The van der Waals surface area contributed by atoms with Gasteiger partial charge < -0.3 is 4.90 Å². The Morgan fingerprint density at radius 2 is 1.58 bits per heavy atom. The van der Waals surface area contributed by atoms with Crippen LogP contribution < -0.4 is 0 Å². The zero-order valence-corrected chi connectivity index (χ0v) is 10.8. The molecule has 2 aromatic carbocycles. The molecule has 1 atom stereocenters. The lowest BCUT2D eigenvalue weighted by molar-refractivity contribution is -0.129. The van der Waals surface area contributed by atoms with Crippen molar-refractivity contribution in [2.75, 3.05) is 0 Å². The predicted molar refractivity (Wildman–Crippen MR) is 75.4 cm³/mol. The predicted octanol–water partition coefficient (Wildman–Crippen LogP) is 3.55. The van der Waals surface area contributed by atoms with Gasteiger partial charge in [-0.15, -0.1) is 0 Å². The van der Waals surface area contributed by atoms with Crippen LogP contribution in [-0.4, -0.2) is 10.8 Å². The molecule has 0 radical (unpaired) electrons. The highest BCUT2D eigenvalue weighted by molar-refractivity contribution is 5.79. The Morgan fingerprint density at radius 3 is 2.26 bits per heavy atom. The van der Waals surface area contributed by atoms with Crippen molar-refractivity contribution in [1.29, 1.82) is 0 Å². The fourth-order valence-corrected chi connectivity index (χ4v) is 2.73. The Bertz CT molecular complexity index is 550. The van der Waals surface area contributed by atoms with Crippen LogP contribution in [0.3, 0.4) is 0 Å². The molecule has 2 nitrogen and oxygen atoms in total. The van der Waals surface area contributed by atoms with Crippen molar-refractivity contribution in [2.24, 2.45) is 0 Å². The van der Waals surface area contributed by atoms with Gasteiger partial charge in [-0.1, -0.05) is 60.7 Å². The van der Waals surface area contributed by atoms with E-state index in [1.165, 1.54) is 11.1 Å². The van der Waals surface area contributed by atoms with Crippen LogP contribution in [0, 0.1) is 0 Å².